The Kier molecular flexibility index (Phi) is 3.88. The largest absolute Gasteiger partial charge is 0.381 e. The number of likely N-dealkylation sites (tertiary alicyclic amines) is 1. The van der Waals surface area contributed by atoms with Crippen molar-refractivity contribution in [1.29, 1.82) is 0 Å². The van der Waals surface area contributed by atoms with Gasteiger partial charge in [-0.2, -0.15) is 5.10 Å². The van der Waals surface area contributed by atoms with E-state index in [1.54, 1.807) is 6.07 Å². The van der Waals surface area contributed by atoms with Gasteiger partial charge in [0.2, 0.25) is 0 Å². The molecule has 5 nitrogen and oxygen atoms in total. The third kappa shape index (κ3) is 3.05. The van der Waals surface area contributed by atoms with Crippen molar-refractivity contribution in [2.24, 2.45) is 0 Å². The van der Waals surface area contributed by atoms with Gasteiger partial charge in [0.25, 0.3) is 0 Å². The van der Waals surface area contributed by atoms with Crippen LogP contribution in [0.4, 0.5) is 10.1 Å². The van der Waals surface area contributed by atoms with Crippen molar-refractivity contribution in [3.63, 3.8) is 0 Å². The minimum absolute atomic E-state index is 0.302. The maximum Gasteiger partial charge on any atom is 0.150 e. The van der Waals surface area contributed by atoms with Crippen LogP contribution in [0.25, 0.3) is 5.69 Å². The summed E-state index contributed by atoms with van der Waals surface area (Å²) in [5.74, 6) is -0.302. The fraction of sp³-hybridized carbons (Fsp3) is 0.467. The van der Waals surface area contributed by atoms with Gasteiger partial charge in [-0.3, -0.25) is 4.90 Å². The van der Waals surface area contributed by atoms with Gasteiger partial charge in [0, 0.05) is 30.9 Å². The Morgan fingerprint density at radius 2 is 2.24 bits per heavy atom. The minimum atomic E-state index is -0.302. The average molecular weight is 289 g/mol. The molecular formula is C15H20FN5. The molecule has 3 rings (SSSR count). The van der Waals surface area contributed by atoms with Gasteiger partial charge in [0.05, 0.1) is 0 Å². The number of hydrogen-bond acceptors (Lipinski definition) is 4. The Morgan fingerprint density at radius 3 is 2.86 bits per heavy atom. The molecule has 21 heavy (non-hydrogen) atoms. The second-order valence-corrected chi connectivity index (χ2v) is 5.72. The van der Waals surface area contributed by atoms with E-state index in [1.165, 1.54) is 23.4 Å². The van der Waals surface area contributed by atoms with Crippen molar-refractivity contribution in [3.8, 4) is 5.69 Å². The molecule has 1 aliphatic heterocycles. The predicted molar refractivity (Wildman–Crippen MR) is 80.1 cm³/mol. The Labute approximate surface area is 123 Å². The standard InChI is InChI=1S/C15H20FN5/c1-11(2)20-6-5-13(8-20)19-12-3-4-15(14(16)7-12)21-10-17-9-18-21/h3-4,7,9-11,13,19H,5-6,8H2,1-2H3. The fourth-order valence-electron chi connectivity index (χ4n) is 2.72. The minimum Gasteiger partial charge on any atom is -0.381 e. The summed E-state index contributed by atoms with van der Waals surface area (Å²) in [6.07, 6.45) is 3.97. The van der Waals surface area contributed by atoms with Gasteiger partial charge in [0.1, 0.15) is 18.3 Å². The topological polar surface area (TPSA) is 46.0 Å². The Balaban J connectivity index is 1.69. The summed E-state index contributed by atoms with van der Waals surface area (Å²) in [6, 6.07) is 6.07. The van der Waals surface area contributed by atoms with Crippen molar-refractivity contribution in [3.05, 3.63) is 36.7 Å². The zero-order valence-electron chi connectivity index (χ0n) is 12.3. The van der Waals surface area contributed by atoms with Gasteiger partial charge >= 0.3 is 0 Å². The van der Waals surface area contributed by atoms with E-state index in [2.05, 4.69) is 34.1 Å². The first-order chi connectivity index (χ1) is 10.1. The SMILES string of the molecule is CC(C)N1CCC(Nc2ccc(-n3cncn3)c(F)c2)C1. The third-order valence-corrected chi connectivity index (χ3v) is 3.93. The van der Waals surface area contributed by atoms with Crippen LogP contribution in [0.2, 0.25) is 0 Å². The van der Waals surface area contributed by atoms with Crippen molar-refractivity contribution in [2.75, 3.05) is 18.4 Å². The Morgan fingerprint density at radius 1 is 1.38 bits per heavy atom. The lowest BCUT2D eigenvalue weighted by Gasteiger charge is -2.21. The molecule has 2 heterocycles. The molecule has 0 spiro atoms. The van der Waals surface area contributed by atoms with Gasteiger partial charge < -0.3 is 5.32 Å². The van der Waals surface area contributed by atoms with E-state index in [9.17, 15) is 4.39 Å². The molecule has 1 atom stereocenters. The van der Waals surface area contributed by atoms with Crippen LogP contribution >= 0.6 is 0 Å². The lowest BCUT2D eigenvalue weighted by Crippen LogP contribution is -2.31. The summed E-state index contributed by atoms with van der Waals surface area (Å²) in [6.45, 7) is 6.50. The molecule has 0 amide bonds. The molecule has 0 bridgehead atoms. The molecule has 1 fully saturated rings. The highest BCUT2D eigenvalue weighted by Crippen LogP contribution is 2.21. The summed E-state index contributed by atoms with van der Waals surface area (Å²) in [5.41, 5.74) is 1.22. The number of anilines is 1. The number of nitrogens with one attached hydrogen (secondary N) is 1. The lowest BCUT2D eigenvalue weighted by atomic mass is 10.2. The van der Waals surface area contributed by atoms with Crippen LogP contribution in [0.5, 0.6) is 0 Å². The first kappa shape index (κ1) is 14.0. The zero-order valence-corrected chi connectivity index (χ0v) is 12.3. The van der Waals surface area contributed by atoms with Gasteiger partial charge in [-0.15, -0.1) is 0 Å². The lowest BCUT2D eigenvalue weighted by molar-refractivity contribution is 0.274. The number of benzene rings is 1. The van der Waals surface area contributed by atoms with Gasteiger partial charge in [-0.05, 0) is 38.5 Å². The van der Waals surface area contributed by atoms with E-state index in [0.29, 0.717) is 17.8 Å². The molecule has 1 aromatic heterocycles. The zero-order chi connectivity index (χ0) is 14.8. The van der Waals surface area contributed by atoms with E-state index in [-0.39, 0.29) is 5.82 Å². The predicted octanol–water partition coefficient (Wildman–Crippen LogP) is 2.30. The maximum atomic E-state index is 14.2. The summed E-state index contributed by atoms with van der Waals surface area (Å²) in [4.78, 5) is 6.26. The summed E-state index contributed by atoms with van der Waals surface area (Å²) >= 11 is 0. The highest BCUT2D eigenvalue weighted by Gasteiger charge is 2.24. The molecule has 0 aliphatic carbocycles. The second-order valence-electron chi connectivity index (χ2n) is 5.72. The van der Waals surface area contributed by atoms with Crippen LogP contribution in [-0.4, -0.2) is 44.8 Å². The number of halogens is 1. The van der Waals surface area contributed by atoms with Crippen LogP contribution in [0.1, 0.15) is 20.3 Å². The van der Waals surface area contributed by atoms with Crippen LogP contribution in [0.15, 0.2) is 30.9 Å². The maximum absolute atomic E-state index is 14.2. The van der Waals surface area contributed by atoms with E-state index >= 15 is 0 Å². The van der Waals surface area contributed by atoms with Crippen molar-refractivity contribution < 1.29 is 4.39 Å². The van der Waals surface area contributed by atoms with E-state index in [0.717, 1.165) is 25.2 Å². The quantitative estimate of drug-likeness (QED) is 0.938. The van der Waals surface area contributed by atoms with E-state index < -0.39 is 0 Å². The molecule has 1 saturated heterocycles. The molecule has 112 valence electrons. The molecule has 0 saturated carbocycles. The van der Waals surface area contributed by atoms with Crippen LogP contribution < -0.4 is 5.32 Å². The van der Waals surface area contributed by atoms with Gasteiger partial charge in [-0.25, -0.2) is 14.1 Å². The third-order valence-electron chi connectivity index (χ3n) is 3.93. The monoisotopic (exact) mass is 289 g/mol. The number of aromatic nitrogens is 3. The fourth-order valence-corrected chi connectivity index (χ4v) is 2.72. The van der Waals surface area contributed by atoms with Gasteiger partial charge in [-0.1, -0.05) is 0 Å². The molecular weight excluding hydrogens is 269 g/mol. The molecule has 1 aliphatic rings. The highest BCUT2D eigenvalue weighted by molar-refractivity contribution is 5.50. The van der Waals surface area contributed by atoms with Crippen molar-refractivity contribution >= 4 is 5.69 Å². The van der Waals surface area contributed by atoms with E-state index in [4.69, 9.17) is 0 Å². The van der Waals surface area contributed by atoms with E-state index in [1.807, 2.05) is 6.07 Å². The van der Waals surface area contributed by atoms with Crippen LogP contribution in [-0.2, 0) is 0 Å². The Hall–Kier alpha value is -1.95. The molecule has 1 aromatic carbocycles. The average Bonchev–Trinajstić information content (AvgIpc) is 3.09. The highest BCUT2D eigenvalue weighted by atomic mass is 19.1. The smallest absolute Gasteiger partial charge is 0.150 e. The number of hydrogen-bond donors (Lipinski definition) is 1. The first-order valence-corrected chi connectivity index (χ1v) is 7.28. The summed E-state index contributed by atoms with van der Waals surface area (Å²) < 4.78 is 15.6. The molecule has 1 unspecified atom stereocenters. The molecule has 1 N–H and O–H groups in total. The molecule has 0 radical (unpaired) electrons. The summed E-state index contributed by atoms with van der Waals surface area (Å²) in [5, 5.41) is 7.36. The van der Waals surface area contributed by atoms with Gasteiger partial charge in [0.15, 0.2) is 5.82 Å². The van der Waals surface area contributed by atoms with Crippen LogP contribution in [0, 0.1) is 5.82 Å². The molecule has 2 aromatic rings. The number of rotatable bonds is 4. The normalized spacial score (nSPS) is 19.3. The first-order valence-electron chi connectivity index (χ1n) is 7.28. The number of nitrogens with zero attached hydrogens (tertiary/aromatic N) is 4. The van der Waals surface area contributed by atoms with Crippen molar-refractivity contribution in [2.45, 2.75) is 32.4 Å². The molecule has 6 heteroatoms. The second kappa shape index (κ2) is 5.81. The van der Waals surface area contributed by atoms with Crippen molar-refractivity contribution in [1.82, 2.24) is 19.7 Å². The summed E-state index contributed by atoms with van der Waals surface area (Å²) in [7, 11) is 0. The van der Waals surface area contributed by atoms with Crippen LogP contribution in [0.3, 0.4) is 0 Å². The Bertz CT molecular complexity index is 596.